The van der Waals surface area contributed by atoms with Crippen molar-refractivity contribution in [2.45, 2.75) is 95.2 Å². The molecule has 0 radical (unpaired) electrons. The number of morpholine rings is 1. The van der Waals surface area contributed by atoms with E-state index in [2.05, 4.69) is 27.7 Å². The van der Waals surface area contributed by atoms with Gasteiger partial charge in [-0.25, -0.2) is 0 Å². The van der Waals surface area contributed by atoms with E-state index in [0.29, 0.717) is 24.0 Å². The molecule has 30 heavy (non-hydrogen) atoms. The van der Waals surface area contributed by atoms with Gasteiger partial charge in [-0.1, -0.05) is 38.5 Å². The summed E-state index contributed by atoms with van der Waals surface area (Å²) in [6.07, 6.45) is 20.7. The summed E-state index contributed by atoms with van der Waals surface area (Å²) in [5, 5.41) is 7.97. The van der Waals surface area contributed by atoms with Crippen LogP contribution in [0.2, 0.25) is 0 Å². The maximum Gasteiger partial charge on any atom is 0.0642 e. The molecule has 5 heteroatoms. The number of nitrogens with one attached hydrogen (secondary N) is 2. The van der Waals surface area contributed by atoms with Crippen LogP contribution in [0.3, 0.4) is 0 Å². The summed E-state index contributed by atoms with van der Waals surface area (Å²) in [5.41, 5.74) is 9.05. The normalized spacial score (nSPS) is 34.6. The van der Waals surface area contributed by atoms with E-state index in [1.165, 1.54) is 75.6 Å². The molecule has 2 saturated heterocycles. The third-order valence-corrected chi connectivity index (χ3v) is 7.58. The largest absolute Gasteiger partial charge is 0.385 e. The highest BCUT2D eigenvalue weighted by Gasteiger charge is 2.31. The van der Waals surface area contributed by atoms with Crippen LogP contribution in [0.4, 0.5) is 0 Å². The van der Waals surface area contributed by atoms with E-state index >= 15 is 0 Å². The summed E-state index contributed by atoms with van der Waals surface area (Å²) >= 11 is 0. The van der Waals surface area contributed by atoms with Gasteiger partial charge < -0.3 is 26.0 Å². The molecular formula is C25H44N4O. The van der Waals surface area contributed by atoms with Crippen LogP contribution in [0.15, 0.2) is 23.5 Å². The summed E-state index contributed by atoms with van der Waals surface area (Å²) in [4.78, 5) is 2.52. The second kappa shape index (κ2) is 11.5. The van der Waals surface area contributed by atoms with Crippen LogP contribution in [0.25, 0.3) is 0 Å². The number of hydrogen-bond donors (Lipinski definition) is 3. The van der Waals surface area contributed by atoms with Gasteiger partial charge in [0.2, 0.25) is 0 Å². The molecule has 2 atom stereocenters. The first-order chi connectivity index (χ1) is 14.8. The zero-order valence-corrected chi connectivity index (χ0v) is 18.9. The van der Waals surface area contributed by atoms with Crippen molar-refractivity contribution in [2.24, 2.45) is 11.7 Å². The van der Waals surface area contributed by atoms with Crippen molar-refractivity contribution >= 4 is 0 Å². The van der Waals surface area contributed by atoms with Gasteiger partial charge in [-0.3, -0.25) is 0 Å². The van der Waals surface area contributed by atoms with E-state index < -0.39 is 0 Å². The molecular weight excluding hydrogens is 372 g/mol. The number of nitrogens with two attached hydrogens (primary N) is 1. The Morgan fingerprint density at radius 2 is 1.60 bits per heavy atom. The maximum atomic E-state index is 6.17. The van der Waals surface area contributed by atoms with Gasteiger partial charge in [0.05, 0.1) is 13.2 Å². The molecule has 0 aromatic carbocycles. The molecule has 0 spiro atoms. The summed E-state index contributed by atoms with van der Waals surface area (Å²) in [6, 6.07) is 1.44. The molecule has 4 rings (SSSR count). The highest BCUT2D eigenvalue weighted by Crippen LogP contribution is 2.31. The number of rotatable bonds is 3. The first kappa shape index (κ1) is 22.2. The van der Waals surface area contributed by atoms with Crippen LogP contribution in [0, 0.1) is 5.92 Å². The van der Waals surface area contributed by atoms with E-state index in [1.807, 2.05) is 0 Å². The van der Waals surface area contributed by atoms with E-state index in [0.717, 1.165) is 45.7 Å². The highest BCUT2D eigenvalue weighted by molar-refractivity contribution is 5.33. The quantitative estimate of drug-likeness (QED) is 0.655. The Kier molecular flexibility index (Phi) is 8.53. The fourth-order valence-corrected chi connectivity index (χ4v) is 5.65. The lowest BCUT2D eigenvalue weighted by Gasteiger charge is -2.39. The van der Waals surface area contributed by atoms with Crippen LogP contribution < -0.4 is 16.4 Å². The molecule has 0 aromatic rings. The highest BCUT2D eigenvalue weighted by atomic mass is 16.5. The molecule has 0 aromatic heterocycles. The lowest BCUT2D eigenvalue weighted by molar-refractivity contribution is 0.0546. The molecule has 2 aliphatic heterocycles. The average molecular weight is 417 g/mol. The molecule has 1 saturated carbocycles. The average Bonchev–Trinajstić information content (AvgIpc) is 2.77. The van der Waals surface area contributed by atoms with Gasteiger partial charge in [-0.15, -0.1) is 0 Å². The molecule has 170 valence electrons. The predicted octanol–water partition coefficient (Wildman–Crippen LogP) is 3.67. The molecule has 0 bridgehead atoms. The van der Waals surface area contributed by atoms with Crippen molar-refractivity contribution in [1.29, 1.82) is 0 Å². The first-order valence-corrected chi connectivity index (χ1v) is 12.8. The Labute approximate surface area is 183 Å². The zero-order valence-electron chi connectivity index (χ0n) is 18.9. The van der Waals surface area contributed by atoms with Gasteiger partial charge in [0, 0.05) is 48.5 Å². The van der Waals surface area contributed by atoms with E-state index in [1.54, 1.807) is 0 Å². The molecule has 5 nitrogen and oxygen atoms in total. The molecule has 2 unspecified atom stereocenters. The number of ether oxygens (including phenoxy) is 1. The monoisotopic (exact) mass is 416 g/mol. The van der Waals surface area contributed by atoms with Crippen molar-refractivity contribution in [3.8, 4) is 0 Å². The fraction of sp³-hybridized carbons (Fsp3) is 0.840. The van der Waals surface area contributed by atoms with Crippen LogP contribution in [-0.2, 0) is 4.74 Å². The van der Waals surface area contributed by atoms with Gasteiger partial charge in [-0.2, -0.15) is 0 Å². The molecule has 4 aliphatic rings. The second-order valence-electron chi connectivity index (χ2n) is 9.90. The third kappa shape index (κ3) is 6.24. The topological polar surface area (TPSA) is 62.5 Å². The van der Waals surface area contributed by atoms with E-state index in [9.17, 15) is 0 Å². The Balaban J connectivity index is 1.51. The summed E-state index contributed by atoms with van der Waals surface area (Å²) in [6.45, 7) is 4.84. The zero-order chi connectivity index (χ0) is 20.6. The van der Waals surface area contributed by atoms with Crippen LogP contribution >= 0.6 is 0 Å². The van der Waals surface area contributed by atoms with E-state index in [4.69, 9.17) is 10.5 Å². The fourth-order valence-electron chi connectivity index (χ4n) is 5.65. The molecule has 2 aliphatic carbocycles. The summed E-state index contributed by atoms with van der Waals surface area (Å²) in [7, 11) is 0. The predicted molar refractivity (Wildman–Crippen MR) is 124 cm³/mol. The standard InChI is InChI=1S/C25H44N4O/c26-20-9-11-21(12-10-20)28-25-19-22(29-14-16-30-17-15-29)18-24-23(25)8-6-4-2-1-3-5-7-13-27-24/h18-21,23-24,27-28H,1-17,26H2/t20-,21+,23?,24?. The Morgan fingerprint density at radius 1 is 0.900 bits per heavy atom. The minimum atomic E-state index is 0.406. The van der Waals surface area contributed by atoms with Gasteiger partial charge in [0.15, 0.2) is 0 Å². The Morgan fingerprint density at radius 3 is 2.37 bits per heavy atom. The number of fused-ring (bicyclic) bond motifs is 1. The van der Waals surface area contributed by atoms with Gasteiger partial charge in [-0.05, 0) is 57.2 Å². The van der Waals surface area contributed by atoms with Crippen molar-refractivity contribution in [1.82, 2.24) is 15.5 Å². The molecule has 2 heterocycles. The van der Waals surface area contributed by atoms with Crippen molar-refractivity contribution in [3.63, 3.8) is 0 Å². The van der Waals surface area contributed by atoms with Gasteiger partial charge in [0.1, 0.15) is 0 Å². The van der Waals surface area contributed by atoms with Crippen molar-refractivity contribution < 1.29 is 4.74 Å². The van der Waals surface area contributed by atoms with Crippen molar-refractivity contribution in [3.05, 3.63) is 23.5 Å². The lowest BCUT2D eigenvalue weighted by atomic mass is 9.83. The third-order valence-electron chi connectivity index (χ3n) is 7.58. The summed E-state index contributed by atoms with van der Waals surface area (Å²) in [5.74, 6) is 0.574. The van der Waals surface area contributed by atoms with Gasteiger partial charge >= 0.3 is 0 Å². The van der Waals surface area contributed by atoms with Crippen LogP contribution in [0.5, 0.6) is 0 Å². The molecule has 3 fully saturated rings. The van der Waals surface area contributed by atoms with E-state index in [-0.39, 0.29) is 0 Å². The van der Waals surface area contributed by atoms with Gasteiger partial charge in [0.25, 0.3) is 0 Å². The Bertz CT molecular complexity index is 576. The lowest BCUT2D eigenvalue weighted by Crippen LogP contribution is -2.46. The minimum absolute atomic E-state index is 0.406. The maximum absolute atomic E-state index is 6.17. The smallest absolute Gasteiger partial charge is 0.0642 e. The SMILES string of the molecule is N[C@H]1CC[C@@H](NC2=CC(N3CCOCC3)=CC3NCCCCCCCCCC23)CC1. The minimum Gasteiger partial charge on any atom is -0.385 e. The Hall–Kier alpha value is -1.04. The summed E-state index contributed by atoms with van der Waals surface area (Å²) < 4.78 is 5.62. The van der Waals surface area contributed by atoms with Crippen LogP contribution in [-0.4, -0.2) is 55.9 Å². The number of hydrogen-bond acceptors (Lipinski definition) is 5. The number of nitrogens with zero attached hydrogens (tertiary/aromatic N) is 1. The molecule has 4 N–H and O–H groups in total. The van der Waals surface area contributed by atoms with Crippen LogP contribution in [0.1, 0.15) is 77.0 Å². The molecule has 0 amide bonds. The second-order valence-corrected chi connectivity index (χ2v) is 9.90. The number of allylic oxidation sites excluding steroid dienone is 1. The van der Waals surface area contributed by atoms with Crippen molar-refractivity contribution in [2.75, 3.05) is 32.8 Å². The first-order valence-electron chi connectivity index (χ1n) is 12.8.